The summed E-state index contributed by atoms with van der Waals surface area (Å²) >= 11 is 0. The largest absolute Gasteiger partial charge is 0.344 e. The van der Waals surface area contributed by atoms with Crippen LogP contribution >= 0.6 is 0 Å². The lowest BCUT2D eigenvalue weighted by molar-refractivity contribution is 0.0913. The second kappa shape index (κ2) is 4.95. The summed E-state index contributed by atoms with van der Waals surface area (Å²) in [7, 11) is 1.95. The standard InChI is InChI=1S/C15H19N5O/c1-15(2)6-11(10-8-18-20(3)13(10)7-15)19-14(21)12-9-16-4-5-17-12/h4-5,8-9,11H,6-7H2,1-3H3,(H,19,21)/t11-/m0/s1. The van der Waals surface area contributed by atoms with Crippen LogP contribution in [0.2, 0.25) is 0 Å². The third-order valence-corrected chi connectivity index (χ3v) is 3.97. The molecule has 6 nitrogen and oxygen atoms in total. The number of carbonyl (C=O) groups excluding carboxylic acids is 1. The molecule has 0 bridgehead atoms. The Labute approximate surface area is 123 Å². The van der Waals surface area contributed by atoms with Gasteiger partial charge in [0.05, 0.1) is 18.4 Å². The van der Waals surface area contributed by atoms with Crippen molar-refractivity contribution in [2.24, 2.45) is 12.5 Å². The van der Waals surface area contributed by atoms with E-state index in [1.807, 2.05) is 17.9 Å². The average Bonchev–Trinajstić information content (AvgIpc) is 2.80. The molecular weight excluding hydrogens is 266 g/mol. The fourth-order valence-electron chi connectivity index (χ4n) is 2.95. The lowest BCUT2D eigenvalue weighted by atomic mass is 9.74. The maximum absolute atomic E-state index is 12.3. The molecule has 1 atom stereocenters. The quantitative estimate of drug-likeness (QED) is 0.910. The van der Waals surface area contributed by atoms with Crippen LogP contribution in [-0.4, -0.2) is 25.7 Å². The monoisotopic (exact) mass is 285 g/mol. The first-order chi connectivity index (χ1) is 9.96. The zero-order chi connectivity index (χ0) is 15.0. The van der Waals surface area contributed by atoms with E-state index in [1.54, 1.807) is 6.20 Å². The third kappa shape index (κ3) is 2.66. The lowest BCUT2D eigenvalue weighted by Gasteiger charge is -2.35. The summed E-state index contributed by atoms with van der Waals surface area (Å²) in [5, 5.41) is 7.40. The van der Waals surface area contributed by atoms with Crippen LogP contribution in [-0.2, 0) is 13.5 Å². The number of aryl methyl sites for hydroxylation is 1. The van der Waals surface area contributed by atoms with Gasteiger partial charge < -0.3 is 5.32 Å². The number of fused-ring (bicyclic) bond motifs is 1. The molecule has 1 aliphatic carbocycles. The summed E-state index contributed by atoms with van der Waals surface area (Å²) < 4.78 is 1.90. The lowest BCUT2D eigenvalue weighted by Crippen LogP contribution is -2.37. The Balaban J connectivity index is 1.87. The van der Waals surface area contributed by atoms with Gasteiger partial charge in [-0.15, -0.1) is 0 Å². The van der Waals surface area contributed by atoms with Crippen LogP contribution in [0.3, 0.4) is 0 Å². The van der Waals surface area contributed by atoms with Gasteiger partial charge in [0.1, 0.15) is 5.69 Å². The minimum atomic E-state index is -0.194. The van der Waals surface area contributed by atoms with E-state index in [0.29, 0.717) is 5.69 Å². The Morgan fingerprint density at radius 1 is 1.38 bits per heavy atom. The number of aromatic nitrogens is 4. The minimum Gasteiger partial charge on any atom is -0.344 e. The average molecular weight is 285 g/mol. The number of nitrogens with one attached hydrogen (secondary N) is 1. The number of hydrogen-bond acceptors (Lipinski definition) is 4. The summed E-state index contributed by atoms with van der Waals surface area (Å²) in [6.45, 7) is 4.43. The molecule has 110 valence electrons. The van der Waals surface area contributed by atoms with E-state index in [2.05, 4.69) is 34.2 Å². The molecule has 6 heteroatoms. The van der Waals surface area contributed by atoms with Crippen molar-refractivity contribution in [1.29, 1.82) is 0 Å². The molecule has 2 aromatic heterocycles. The van der Waals surface area contributed by atoms with E-state index in [9.17, 15) is 4.79 Å². The fraction of sp³-hybridized carbons (Fsp3) is 0.467. The van der Waals surface area contributed by atoms with Crippen LogP contribution < -0.4 is 5.32 Å². The van der Waals surface area contributed by atoms with Crippen molar-refractivity contribution >= 4 is 5.91 Å². The topological polar surface area (TPSA) is 72.7 Å². The highest BCUT2D eigenvalue weighted by molar-refractivity contribution is 5.92. The minimum absolute atomic E-state index is 0.0352. The molecular formula is C15H19N5O. The summed E-state index contributed by atoms with van der Waals surface area (Å²) in [6.07, 6.45) is 8.27. The van der Waals surface area contributed by atoms with Gasteiger partial charge >= 0.3 is 0 Å². The first-order valence-electron chi connectivity index (χ1n) is 7.04. The van der Waals surface area contributed by atoms with Gasteiger partial charge in [-0.05, 0) is 18.3 Å². The molecule has 2 heterocycles. The molecule has 0 fully saturated rings. The molecule has 1 aliphatic rings. The van der Waals surface area contributed by atoms with Gasteiger partial charge in [-0.1, -0.05) is 13.8 Å². The molecule has 0 radical (unpaired) electrons. The molecule has 0 unspecified atom stereocenters. The number of carbonyl (C=O) groups is 1. The van der Waals surface area contributed by atoms with E-state index in [-0.39, 0.29) is 17.4 Å². The summed E-state index contributed by atoms with van der Waals surface area (Å²) in [5.41, 5.74) is 2.76. The molecule has 1 N–H and O–H groups in total. The highest BCUT2D eigenvalue weighted by Gasteiger charge is 2.35. The molecule has 0 aliphatic heterocycles. The van der Waals surface area contributed by atoms with Crippen LogP contribution in [0.15, 0.2) is 24.8 Å². The van der Waals surface area contributed by atoms with Crippen molar-refractivity contribution in [3.8, 4) is 0 Å². The van der Waals surface area contributed by atoms with Gasteiger partial charge in [0.25, 0.3) is 5.91 Å². The van der Waals surface area contributed by atoms with E-state index in [0.717, 1.165) is 18.4 Å². The van der Waals surface area contributed by atoms with Gasteiger partial charge in [0.15, 0.2) is 0 Å². The van der Waals surface area contributed by atoms with Gasteiger partial charge in [-0.2, -0.15) is 5.10 Å². The van der Waals surface area contributed by atoms with Crippen molar-refractivity contribution in [3.63, 3.8) is 0 Å². The van der Waals surface area contributed by atoms with E-state index >= 15 is 0 Å². The summed E-state index contributed by atoms with van der Waals surface area (Å²) in [4.78, 5) is 20.3. The number of hydrogen-bond donors (Lipinski definition) is 1. The Bertz CT molecular complexity index is 662. The molecule has 0 saturated carbocycles. The van der Waals surface area contributed by atoms with Crippen LogP contribution in [0.4, 0.5) is 0 Å². The molecule has 0 aromatic carbocycles. The molecule has 2 aromatic rings. The SMILES string of the molecule is Cn1ncc2c1CC(C)(C)C[C@@H]2NC(=O)c1cnccn1. The second-order valence-electron chi connectivity index (χ2n) is 6.33. The van der Waals surface area contributed by atoms with Crippen molar-refractivity contribution < 1.29 is 4.79 Å². The summed E-state index contributed by atoms with van der Waals surface area (Å²) in [5.74, 6) is -0.194. The van der Waals surface area contributed by atoms with Gasteiger partial charge in [0, 0.05) is 30.7 Å². The van der Waals surface area contributed by atoms with Crippen LogP contribution in [0.25, 0.3) is 0 Å². The highest BCUT2D eigenvalue weighted by Crippen LogP contribution is 2.40. The zero-order valence-electron chi connectivity index (χ0n) is 12.5. The first-order valence-corrected chi connectivity index (χ1v) is 7.04. The Hall–Kier alpha value is -2.24. The number of amides is 1. The molecule has 3 rings (SSSR count). The van der Waals surface area contributed by atoms with Gasteiger partial charge in [-0.3, -0.25) is 14.5 Å². The number of rotatable bonds is 2. The van der Waals surface area contributed by atoms with Crippen LogP contribution in [0.5, 0.6) is 0 Å². The predicted molar refractivity (Wildman–Crippen MR) is 77.5 cm³/mol. The maximum atomic E-state index is 12.3. The molecule has 21 heavy (non-hydrogen) atoms. The smallest absolute Gasteiger partial charge is 0.271 e. The summed E-state index contributed by atoms with van der Waals surface area (Å²) in [6, 6.07) is -0.0352. The molecule has 1 amide bonds. The molecule has 0 spiro atoms. The van der Waals surface area contributed by atoms with Crippen molar-refractivity contribution in [1.82, 2.24) is 25.1 Å². The second-order valence-corrected chi connectivity index (χ2v) is 6.33. The third-order valence-electron chi connectivity index (χ3n) is 3.97. The Morgan fingerprint density at radius 3 is 2.90 bits per heavy atom. The highest BCUT2D eigenvalue weighted by atomic mass is 16.1. The van der Waals surface area contributed by atoms with Crippen LogP contribution in [0, 0.1) is 5.41 Å². The zero-order valence-corrected chi connectivity index (χ0v) is 12.5. The van der Waals surface area contributed by atoms with Gasteiger partial charge in [0.2, 0.25) is 0 Å². The predicted octanol–water partition coefficient (Wildman–Crippen LogP) is 1.65. The van der Waals surface area contributed by atoms with Gasteiger partial charge in [-0.25, -0.2) is 4.98 Å². The first kappa shape index (κ1) is 13.7. The Kier molecular flexibility index (Phi) is 3.23. The van der Waals surface area contributed by atoms with Crippen LogP contribution in [0.1, 0.15) is 48.1 Å². The van der Waals surface area contributed by atoms with E-state index < -0.39 is 0 Å². The van der Waals surface area contributed by atoms with E-state index in [1.165, 1.54) is 18.1 Å². The Morgan fingerprint density at radius 2 is 2.19 bits per heavy atom. The molecule has 0 saturated heterocycles. The van der Waals surface area contributed by atoms with E-state index in [4.69, 9.17) is 0 Å². The maximum Gasteiger partial charge on any atom is 0.271 e. The fourth-order valence-corrected chi connectivity index (χ4v) is 2.95. The normalized spacial score (nSPS) is 19.9. The van der Waals surface area contributed by atoms with Crippen molar-refractivity contribution in [2.45, 2.75) is 32.7 Å². The van der Waals surface area contributed by atoms with Crippen molar-refractivity contribution in [3.05, 3.63) is 41.7 Å². The van der Waals surface area contributed by atoms with Crippen molar-refractivity contribution in [2.75, 3.05) is 0 Å². The number of nitrogens with zero attached hydrogens (tertiary/aromatic N) is 4.